The number of hydrogen-bond acceptors (Lipinski definition) is 11. The van der Waals surface area contributed by atoms with Crippen LogP contribution in [0.1, 0.15) is 0 Å². The van der Waals surface area contributed by atoms with Gasteiger partial charge in [0.25, 0.3) is 0 Å². The number of rotatable bonds is 6. The third kappa shape index (κ3) is 5.83. The molecule has 150 valence electrons. The van der Waals surface area contributed by atoms with Gasteiger partial charge in [-0.15, -0.1) is 0 Å². The topological polar surface area (TPSA) is 179 Å². The van der Waals surface area contributed by atoms with E-state index in [9.17, 15) is 14.7 Å². The van der Waals surface area contributed by atoms with Gasteiger partial charge in [-0.25, -0.2) is 0 Å². The minimum absolute atomic E-state index is 0.0770. The molecule has 11 nitrogen and oxygen atoms in total. The first-order chi connectivity index (χ1) is 13.1. The second-order valence-electron chi connectivity index (χ2n) is 5.52. The Kier molecular flexibility index (Phi) is 5.80. The van der Waals surface area contributed by atoms with Crippen LogP contribution in [0, 0.1) is 0 Å². The molecular formula is C15H17N3O8P2. The van der Waals surface area contributed by atoms with E-state index in [1.54, 1.807) is 18.2 Å². The summed E-state index contributed by atoms with van der Waals surface area (Å²) in [6, 6.07) is 10.3. The van der Waals surface area contributed by atoms with Gasteiger partial charge in [-0.2, -0.15) is 0 Å². The molecule has 0 amide bonds. The van der Waals surface area contributed by atoms with E-state index in [1.807, 2.05) is 0 Å². The Morgan fingerprint density at radius 3 is 1.79 bits per heavy atom. The Bertz CT molecular complexity index is 963. The molecule has 3 aromatic rings. The molecule has 0 radical (unpaired) electrons. The maximum atomic E-state index is 9.24. The first-order valence-corrected chi connectivity index (χ1v) is 11.2. The molecule has 0 aliphatic heterocycles. The first kappa shape index (κ1) is 20.4. The Balaban J connectivity index is 2.07. The molecule has 0 bridgehead atoms. The molecule has 6 N–H and O–H groups in total. The molecule has 3 aromatic heterocycles. The normalized spacial score (nSPS) is 13.1. The van der Waals surface area contributed by atoms with Gasteiger partial charge < -0.3 is 0 Å². The summed E-state index contributed by atoms with van der Waals surface area (Å²) in [7, 11) is -9.68. The van der Waals surface area contributed by atoms with Crippen LogP contribution in [0.5, 0.6) is 11.5 Å². The summed E-state index contributed by atoms with van der Waals surface area (Å²) in [6.07, 6.45) is 2.82. The second-order valence-corrected chi connectivity index (χ2v) is 8.22. The fraction of sp³-hybridized carbons (Fsp3) is 0. The second kappa shape index (κ2) is 7.96. The van der Waals surface area contributed by atoms with Gasteiger partial charge in [0.2, 0.25) is 0 Å². The van der Waals surface area contributed by atoms with Crippen LogP contribution >= 0.6 is 16.3 Å². The van der Waals surface area contributed by atoms with Crippen molar-refractivity contribution in [3.8, 4) is 34.3 Å². The molecule has 0 fully saturated rings. The summed E-state index contributed by atoms with van der Waals surface area (Å²) in [4.78, 5) is 67.6. The summed E-state index contributed by atoms with van der Waals surface area (Å²) in [5.41, 5.74) is 1.08. The van der Waals surface area contributed by atoms with Crippen molar-refractivity contribution < 1.29 is 38.4 Å². The van der Waals surface area contributed by atoms with Gasteiger partial charge in [0, 0.05) is 0 Å². The van der Waals surface area contributed by atoms with E-state index in [4.69, 9.17) is 19.2 Å². The molecule has 3 heterocycles. The molecule has 0 spiro atoms. The standard InChI is InChI=1S/C15H17N3O8P2/c19-27(20,21)25-10-4-6-17-13(7-10)15-9-11(26-28(22,23)24)8-14(18-15)12-3-1-2-5-16-12/h1-9,19-24,27-28H. The molecule has 0 saturated heterocycles. The SMILES string of the molecule is O[PH](O)(O)Oc1ccnc(-c2cc(O[PH](O)(O)O)cc(-c3ccccn3)n2)c1. The van der Waals surface area contributed by atoms with Crippen LogP contribution in [0.3, 0.4) is 0 Å². The zero-order chi connectivity index (χ0) is 20.4. The van der Waals surface area contributed by atoms with Crippen molar-refractivity contribution in [2.24, 2.45) is 0 Å². The van der Waals surface area contributed by atoms with E-state index in [0.717, 1.165) is 0 Å². The molecular weight excluding hydrogens is 412 g/mol. The fourth-order valence-electron chi connectivity index (χ4n) is 2.27. The molecule has 28 heavy (non-hydrogen) atoms. The summed E-state index contributed by atoms with van der Waals surface area (Å²) >= 11 is 0. The van der Waals surface area contributed by atoms with Crippen LogP contribution in [0.4, 0.5) is 0 Å². The molecule has 3 rings (SSSR count). The Labute approximate surface area is 159 Å². The average molecular weight is 429 g/mol. The van der Waals surface area contributed by atoms with Crippen molar-refractivity contribution in [3.63, 3.8) is 0 Å². The van der Waals surface area contributed by atoms with Crippen molar-refractivity contribution in [2.75, 3.05) is 0 Å². The number of hydrogen-bond donors (Lipinski definition) is 6. The summed E-state index contributed by atoms with van der Waals surface area (Å²) in [6.45, 7) is 0. The van der Waals surface area contributed by atoms with Gasteiger partial charge >= 0.3 is 159 Å². The first-order valence-electron chi connectivity index (χ1n) is 7.71. The van der Waals surface area contributed by atoms with Crippen LogP contribution < -0.4 is 9.05 Å². The monoisotopic (exact) mass is 429 g/mol. The van der Waals surface area contributed by atoms with E-state index >= 15 is 0 Å². The third-order valence-corrected chi connectivity index (χ3v) is 4.25. The number of aromatic nitrogens is 3. The average Bonchev–Trinajstić information content (AvgIpc) is 2.59. The number of pyridine rings is 3. The zero-order valence-electron chi connectivity index (χ0n) is 14.0. The third-order valence-electron chi connectivity index (χ3n) is 3.23. The Morgan fingerprint density at radius 1 is 0.607 bits per heavy atom. The molecule has 13 heteroatoms. The van der Waals surface area contributed by atoms with Gasteiger partial charge in [-0.3, -0.25) is 0 Å². The minimum atomic E-state index is -4.88. The number of nitrogens with zero attached hydrogens (tertiary/aromatic N) is 3. The fourth-order valence-corrected chi connectivity index (χ4v) is 3.15. The Morgan fingerprint density at radius 2 is 1.18 bits per heavy atom. The zero-order valence-corrected chi connectivity index (χ0v) is 16.0. The van der Waals surface area contributed by atoms with Crippen LogP contribution in [0.15, 0.2) is 54.9 Å². The van der Waals surface area contributed by atoms with Crippen LogP contribution in [-0.2, 0) is 0 Å². The quantitative estimate of drug-likeness (QED) is 0.304. The van der Waals surface area contributed by atoms with Crippen molar-refractivity contribution >= 4 is 16.3 Å². The molecule has 0 saturated carbocycles. The molecule has 0 aliphatic carbocycles. The van der Waals surface area contributed by atoms with E-state index in [-0.39, 0.29) is 28.6 Å². The van der Waals surface area contributed by atoms with Gasteiger partial charge in [-0.05, 0) is 0 Å². The van der Waals surface area contributed by atoms with Crippen LogP contribution in [0.2, 0.25) is 0 Å². The van der Waals surface area contributed by atoms with Crippen molar-refractivity contribution in [1.82, 2.24) is 15.0 Å². The van der Waals surface area contributed by atoms with Gasteiger partial charge in [0.05, 0.1) is 0 Å². The van der Waals surface area contributed by atoms with Gasteiger partial charge in [-0.1, -0.05) is 0 Å². The summed E-state index contributed by atoms with van der Waals surface area (Å²) in [5.74, 6) is -0.181. The van der Waals surface area contributed by atoms with Crippen molar-refractivity contribution in [3.05, 3.63) is 54.9 Å². The molecule has 0 aromatic carbocycles. The molecule has 0 aliphatic rings. The molecule has 0 atom stereocenters. The predicted molar refractivity (Wildman–Crippen MR) is 102 cm³/mol. The Hall–Kier alpha value is -2.33. The van der Waals surface area contributed by atoms with Crippen molar-refractivity contribution in [2.45, 2.75) is 0 Å². The van der Waals surface area contributed by atoms with Gasteiger partial charge in [0.15, 0.2) is 0 Å². The summed E-state index contributed by atoms with van der Waals surface area (Å²) < 4.78 is 9.47. The van der Waals surface area contributed by atoms with E-state index < -0.39 is 16.3 Å². The van der Waals surface area contributed by atoms with Crippen LogP contribution in [-0.4, -0.2) is 44.3 Å². The maximum absolute atomic E-state index is 9.24. The van der Waals surface area contributed by atoms with Crippen molar-refractivity contribution in [1.29, 1.82) is 0 Å². The molecule has 0 unspecified atom stereocenters. The predicted octanol–water partition coefficient (Wildman–Crippen LogP) is 0.737. The van der Waals surface area contributed by atoms with Crippen LogP contribution in [0.25, 0.3) is 22.8 Å². The van der Waals surface area contributed by atoms with E-state index in [0.29, 0.717) is 5.69 Å². The van der Waals surface area contributed by atoms with Gasteiger partial charge in [0.1, 0.15) is 0 Å². The summed E-state index contributed by atoms with van der Waals surface area (Å²) in [5, 5.41) is 0. The van der Waals surface area contributed by atoms with E-state index in [1.165, 1.54) is 36.7 Å². The van der Waals surface area contributed by atoms with E-state index in [2.05, 4.69) is 19.5 Å².